The molecule has 2 fully saturated rings. The molecule has 1 saturated heterocycles. The lowest BCUT2D eigenvalue weighted by molar-refractivity contribution is -0.167. The molecule has 0 aromatic heterocycles. The van der Waals surface area contributed by atoms with E-state index >= 15 is 0 Å². The summed E-state index contributed by atoms with van der Waals surface area (Å²) in [6.45, 7) is 0. The molecule has 1 N–H and O–H groups in total. The van der Waals surface area contributed by atoms with Crippen molar-refractivity contribution in [3.8, 4) is 0 Å². The topological polar surface area (TPSA) is 57.6 Å². The number of halogens is 3. The Labute approximate surface area is 108 Å². The van der Waals surface area contributed by atoms with Crippen molar-refractivity contribution in [1.29, 1.82) is 0 Å². The monoisotopic (exact) mass is 279 g/mol. The van der Waals surface area contributed by atoms with Gasteiger partial charge in [-0.05, 0) is 25.2 Å². The molecular weight excluding hydrogens is 263 g/mol. The van der Waals surface area contributed by atoms with Gasteiger partial charge in [-0.15, -0.1) is 0 Å². The minimum Gasteiger partial charge on any atom is -0.480 e. The highest BCUT2D eigenvalue weighted by atomic mass is 19.4. The lowest BCUT2D eigenvalue weighted by Gasteiger charge is -2.33. The lowest BCUT2D eigenvalue weighted by Crippen LogP contribution is -2.47. The number of fused-ring (bicyclic) bond motifs is 1. The maximum atomic E-state index is 12.3. The number of aliphatic carboxylic acids is 1. The maximum absolute atomic E-state index is 12.3. The van der Waals surface area contributed by atoms with E-state index in [-0.39, 0.29) is 18.4 Å². The standard InChI is InChI=1S/C12H16F3NO3/c13-12(14,15)6-10(17)16-8-4-2-1-3-7(8)5-9(16)11(18)19/h7-9H,1-6H2,(H,18,19)/t7-,8+,9+/m1/s1. The van der Waals surface area contributed by atoms with Gasteiger partial charge in [0, 0.05) is 6.04 Å². The summed E-state index contributed by atoms with van der Waals surface area (Å²) in [7, 11) is 0. The highest BCUT2D eigenvalue weighted by Gasteiger charge is 2.49. The van der Waals surface area contributed by atoms with E-state index in [0.717, 1.165) is 24.2 Å². The van der Waals surface area contributed by atoms with Gasteiger partial charge in [0.2, 0.25) is 5.91 Å². The number of carbonyl (C=O) groups excluding carboxylic acids is 1. The molecule has 4 nitrogen and oxygen atoms in total. The van der Waals surface area contributed by atoms with Crippen molar-refractivity contribution in [2.75, 3.05) is 0 Å². The van der Waals surface area contributed by atoms with Crippen molar-refractivity contribution in [3.05, 3.63) is 0 Å². The molecule has 1 aliphatic carbocycles. The van der Waals surface area contributed by atoms with Crippen LogP contribution in [0.3, 0.4) is 0 Å². The van der Waals surface area contributed by atoms with Gasteiger partial charge in [0.15, 0.2) is 0 Å². The molecule has 0 radical (unpaired) electrons. The molecule has 0 aromatic rings. The van der Waals surface area contributed by atoms with Gasteiger partial charge in [0.1, 0.15) is 12.5 Å². The smallest absolute Gasteiger partial charge is 0.397 e. The first-order chi connectivity index (χ1) is 8.79. The Hall–Kier alpha value is -1.27. The van der Waals surface area contributed by atoms with Gasteiger partial charge in [-0.25, -0.2) is 4.79 Å². The average Bonchev–Trinajstić information content (AvgIpc) is 2.65. The summed E-state index contributed by atoms with van der Waals surface area (Å²) >= 11 is 0. The maximum Gasteiger partial charge on any atom is 0.397 e. The quantitative estimate of drug-likeness (QED) is 0.843. The molecule has 2 aliphatic rings. The zero-order valence-corrected chi connectivity index (χ0v) is 10.3. The molecule has 0 bridgehead atoms. The molecule has 0 spiro atoms. The third-order valence-electron chi connectivity index (χ3n) is 4.01. The summed E-state index contributed by atoms with van der Waals surface area (Å²) in [6.07, 6.45) is -2.68. The number of hydrogen-bond donors (Lipinski definition) is 1. The second-order valence-corrected chi connectivity index (χ2v) is 5.29. The molecule has 108 valence electrons. The van der Waals surface area contributed by atoms with Crippen molar-refractivity contribution >= 4 is 11.9 Å². The van der Waals surface area contributed by atoms with Crippen molar-refractivity contribution in [3.63, 3.8) is 0 Å². The Morgan fingerprint density at radius 2 is 1.84 bits per heavy atom. The SMILES string of the molecule is O=C(O)[C@@H]1C[C@H]2CCCC[C@@H]2N1C(=O)CC(F)(F)F. The van der Waals surface area contributed by atoms with Gasteiger partial charge in [-0.1, -0.05) is 12.8 Å². The van der Waals surface area contributed by atoms with Gasteiger partial charge in [0.05, 0.1) is 0 Å². The molecule has 19 heavy (non-hydrogen) atoms. The first-order valence-electron chi connectivity index (χ1n) is 6.40. The van der Waals surface area contributed by atoms with Crippen LogP contribution >= 0.6 is 0 Å². The Morgan fingerprint density at radius 3 is 2.42 bits per heavy atom. The third kappa shape index (κ3) is 3.01. The summed E-state index contributed by atoms with van der Waals surface area (Å²) in [6, 6.07) is -1.42. The van der Waals surface area contributed by atoms with Crippen LogP contribution in [0.15, 0.2) is 0 Å². The number of amides is 1. The van der Waals surface area contributed by atoms with Crippen LogP contribution in [0.1, 0.15) is 38.5 Å². The number of alkyl halides is 3. The highest BCUT2D eigenvalue weighted by Crippen LogP contribution is 2.40. The Balaban J connectivity index is 2.17. The van der Waals surface area contributed by atoms with Gasteiger partial charge in [-0.3, -0.25) is 4.79 Å². The number of hydrogen-bond acceptors (Lipinski definition) is 2. The van der Waals surface area contributed by atoms with Crippen molar-refractivity contribution in [1.82, 2.24) is 4.90 Å². The van der Waals surface area contributed by atoms with E-state index in [1.807, 2.05) is 0 Å². The largest absolute Gasteiger partial charge is 0.480 e. The number of nitrogens with zero attached hydrogens (tertiary/aromatic N) is 1. The summed E-state index contributed by atoms with van der Waals surface area (Å²) < 4.78 is 37.0. The molecule has 1 amide bonds. The normalized spacial score (nSPS) is 31.1. The van der Waals surface area contributed by atoms with E-state index in [0.29, 0.717) is 6.42 Å². The van der Waals surface area contributed by atoms with Crippen molar-refractivity contribution < 1.29 is 27.9 Å². The zero-order valence-electron chi connectivity index (χ0n) is 10.3. The molecule has 1 heterocycles. The van der Waals surface area contributed by atoms with Crippen LogP contribution in [0.25, 0.3) is 0 Å². The van der Waals surface area contributed by atoms with Crippen LogP contribution in [-0.2, 0) is 9.59 Å². The van der Waals surface area contributed by atoms with E-state index in [2.05, 4.69) is 0 Å². The second-order valence-electron chi connectivity index (χ2n) is 5.29. The summed E-state index contributed by atoms with van der Waals surface area (Å²) in [4.78, 5) is 23.9. The predicted molar refractivity (Wildman–Crippen MR) is 59.3 cm³/mol. The fourth-order valence-corrected chi connectivity index (χ4v) is 3.30. The number of carbonyl (C=O) groups is 2. The van der Waals surface area contributed by atoms with Crippen LogP contribution in [0.4, 0.5) is 13.2 Å². The highest BCUT2D eigenvalue weighted by molar-refractivity contribution is 5.85. The average molecular weight is 279 g/mol. The minimum absolute atomic E-state index is 0.0343. The number of likely N-dealkylation sites (tertiary alicyclic amines) is 1. The Kier molecular flexibility index (Phi) is 3.73. The summed E-state index contributed by atoms with van der Waals surface area (Å²) in [5.74, 6) is -2.27. The molecule has 1 saturated carbocycles. The first-order valence-corrected chi connectivity index (χ1v) is 6.40. The summed E-state index contributed by atoms with van der Waals surface area (Å²) in [5, 5.41) is 9.10. The summed E-state index contributed by atoms with van der Waals surface area (Å²) in [5.41, 5.74) is 0. The van der Waals surface area contributed by atoms with Crippen LogP contribution in [0.2, 0.25) is 0 Å². The zero-order chi connectivity index (χ0) is 14.2. The first kappa shape index (κ1) is 14.1. The number of carboxylic acid groups (broad SMARTS) is 1. The minimum atomic E-state index is -4.59. The molecule has 2 rings (SSSR count). The molecular formula is C12H16F3NO3. The fraction of sp³-hybridized carbons (Fsp3) is 0.833. The second kappa shape index (κ2) is 5.02. The van der Waals surface area contributed by atoms with E-state index in [4.69, 9.17) is 5.11 Å². The molecule has 1 aliphatic heterocycles. The molecule has 3 atom stereocenters. The van der Waals surface area contributed by atoms with Crippen molar-refractivity contribution in [2.45, 2.75) is 56.8 Å². The van der Waals surface area contributed by atoms with E-state index < -0.39 is 30.5 Å². The number of carboxylic acids is 1. The Bertz CT molecular complexity index is 383. The van der Waals surface area contributed by atoms with Crippen LogP contribution in [-0.4, -0.2) is 40.1 Å². The molecule has 7 heteroatoms. The van der Waals surface area contributed by atoms with Crippen LogP contribution in [0, 0.1) is 5.92 Å². The van der Waals surface area contributed by atoms with Gasteiger partial charge >= 0.3 is 12.1 Å². The molecule has 0 unspecified atom stereocenters. The fourth-order valence-electron chi connectivity index (χ4n) is 3.30. The third-order valence-corrected chi connectivity index (χ3v) is 4.01. The predicted octanol–water partition coefficient (Wildman–Crippen LogP) is 2.18. The van der Waals surface area contributed by atoms with E-state index in [9.17, 15) is 22.8 Å². The van der Waals surface area contributed by atoms with Crippen LogP contribution < -0.4 is 0 Å². The number of rotatable bonds is 2. The van der Waals surface area contributed by atoms with E-state index in [1.165, 1.54) is 0 Å². The van der Waals surface area contributed by atoms with E-state index in [1.54, 1.807) is 0 Å². The van der Waals surface area contributed by atoms with Crippen molar-refractivity contribution in [2.24, 2.45) is 5.92 Å². The van der Waals surface area contributed by atoms with Crippen LogP contribution in [0.5, 0.6) is 0 Å². The Morgan fingerprint density at radius 1 is 1.21 bits per heavy atom. The van der Waals surface area contributed by atoms with Gasteiger partial charge in [-0.2, -0.15) is 13.2 Å². The van der Waals surface area contributed by atoms with Gasteiger partial charge < -0.3 is 10.0 Å². The lowest BCUT2D eigenvalue weighted by atomic mass is 9.84. The molecule has 0 aromatic carbocycles. The van der Waals surface area contributed by atoms with Gasteiger partial charge in [0.25, 0.3) is 0 Å².